The van der Waals surface area contributed by atoms with Crippen molar-refractivity contribution in [1.82, 2.24) is 0 Å². The van der Waals surface area contributed by atoms with Gasteiger partial charge >= 0.3 is 0 Å². The predicted octanol–water partition coefficient (Wildman–Crippen LogP) is 7.43. The maximum absolute atomic E-state index is 14.0. The fraction of sp³-hybridized carbons (Fsp3) is 0.519. The number of halogens is 2. The average Bonchev–Trinajstić information content (AvgIpc) is 2.83. The van der Waals surface area contributed by atoms with E-state index in [0.29, 0.717) is 12.0 Å². The molecule has 0 aliphatic heterocycles. The first-order valence-corrected chi connectivity index (χ1v) is 11.8. The number of unbranched alkanes of at least 4 members (excludes halogenated alkanes) is 4. The molecule has 3 rings (SSSR count). The second-order valence-electron chi connectivity index (χ2n) is 8.64. The van der Waals surface area contributed by atoms with E-state index in [-0.39, 0.29) is 17.9 Å². The van der Waals surface area contributed by atoms with Crippen molar-refractivity contribution in [2.45, 2.75) is 83.3 Å². The molecular weight excluding hydrogens is 408 g/mol. The molecule has 5 heteroatoms. The summed E-state index contributed by atoms with van der Waals surface area (Å²) in [6.07, 6.45) is 11.2. The fourth-order valence-corrected chi connectivity index (χ4v) is 4.30. The Bertz CT molecular complexity index is 884. The molecule has 0 heterocycles. The van der Waals surface area contributed by atoms with E-state index in [4.69, 9.17) is 14.7 Å². The minimum Gasteiger partial charge on any atom is -0.486 e. The summed E-state index contributed by atoms with van der Waals surface area (Å²) in [5.74, 6) is -1.94. The molecule has 0 radical (unpaired) electrons. The van der Waals surface area contributed by atoms with E-state index < -0.39 is 11.6 Å². The van der Waals surface area contributed by atoms with Crippen LogP contribution < -0.4 is 4.74 Å². The van der Waals surface area contributed by atoms with Gasteiger partial charge in [-0.25, -0.2) is 4.39 Å². The summed E-state index contributed by atoms with van der Waals surface area (Å²) in [4.78, 5) is 0. The number of hydrogen-bond acceptors (Lipinski definition) is 3. The van der Waals surface area contributed by atoms with Crippen molar-refractivity contribution in [3.63, 3.8) is 0 Å². The van der Waals surface area contributed by atoms with Crippen LogP contribution in [0.2, 0.25) is 0 Å². The summed E-state index contributed by atoms with van der Waals surface area (Å²) in [5, 5.41) is 8.76. The third-order valence-electron chi connectivity index (χ3n) is 6.29. The minimum absolute atomic E-state index is 0.140. The SMILES string of the molecule is CCCCCCCOC1CCC(c2ccc(COc3ccc(C#N)c(F)c3F)cc2)CC1. The van der Waals surface area contributed by atoms with Crippen LogP contribution in [0.5, 0.6) is 5.75 Å². The van der Waals surface area contributed by atoms with Crippen molar-refractivity contribution in [2.75, 3.05) is 6.61 Å². The van der Waals surface area contributed by atoms with Crippen LogP contribution in [0.15, 0.2) is 36.4 Å². The topological polar surface area (TPSA) is 42.2 Å². The second kappa shape index (κ2) is 12.6. The first kappa shape index (κ1) is 24.2. The quantitative estimate of drug-likeness (QED) is 0.341. The lowest BCUT2D eigenvalue weighted by molar-refractivity contribution is 0.0226. The molecule has 0 aromatic heterocycles. The van der Waals surface area contributed by atoms with Crippen molar-refractivity contribution in [3.05, 3.63) is 64.7 Å². The van der Waals surface area contributed by atoms with Crippen molar-refractivity contribution in [3.8, 4) is 11.8 Å². The molecule has 2 aromatic carbocycles. The predicted molar refractivity (Wildman–Crippen MR) is 122 cm³/mol. The third-order valence-corrected chi connectivity index (χ3v) is 6.29. The maximum Gasteiger partial charge on any atom is 0.202 e. The Labute approximate surface area is 190 Å². The molecule has 1 aliphatic carbocycles. The Hall–Kier alpha value is -2.45. The van der Waals surface area contributed by atoms with Crippen LogP contribution in [0.3, 0.4) is 0 Å². The largest absolute Gasteiger partial charge is 0.486 e. The Morgan fingerprint density at radius 3 is 2.31 bits per heavy atom. The molecule has 32 heavy (non-hydrogen) atoms. The van der Waals surface area contributed by atoms with Gasteiger partial charge in [0.25, 0.3) is 0 Å². The summed E-state index contributed by atoms with van der Waals surface area (Å²) >= 11 is 0. The van der Waals surface area contributed by atoms with Gasteiger partial charge in [0.2, 0.25) is 5.82 Å². The molecule has 3 nitrogen and oxygen atoms in total. The van der Waals surface area contributed by atoms with Gasteiger partial charge in [-0.15, -0.1) is 0 Å². The molecule has 0 unspecified atom stereocenters. The van der Waals surface area contributed by atoms with Crippen molar-refractivity contribution >= 4 is 0 Å². The van der Waals surface area contributed by atoms with E-state index in [0.717, 1.165) is 37.9 Å². The van der Waals surface area contributed by atoms with Crippen molar-refractivity contribution in [2.24, 2.45) is 0 Å². The summed E-state index contributed by atoms with van der Waals surface area (Å²) < 4.78 is 39.2. The third kappa shape index (κ3) is 6.77. The molecule has 2 aromatic rings. The Balaban J connectivity index is 1.42. The number of benzene rings is 2. The number of nitrogens with zero attached hydrogens (tertiary/aromatic N) is 1. The molecule has 1 aliphatic rings. The van der Waals surface area contributed by atoms with Gasteiger partial charge in [-0.1, -0.05) is 56.9 Å². The van der Waals surface area contributed by atoms with Gasteiger partial charge in [0.15, 0.2) is 11.6 Å². The first-order valence-electron chi connectivity index (χ1n) is 11.8. The number of nitriles is 1. The molecular formula is C27H33F2NO2. The van der Waals surface area contributed by atoms with E-state index >= 15 is 0 Å². The highest BCUT2D eigenvalue weighted by molar-refractivity contribution is 5.38. The van der Waals surface area contributed by atoms with Gasteiger partial charge in [0.1, 0.15) is 12.7 Å². The number of hydrogen-bond donors (Lipinski definition) is 0. The van der Waals surface area contributed by atoms with Crippen LogP contribution in [-0.4, -0.2) is 12.7 Å². The fourth-order valence-electron chi connectivity index (χ4n) is 4.30. The van der Waals surface area contributed by atoms with Gasteiger partial charge in [0.05, 0.1) is 11.7 Å². The van der Waals surface area contributed by atoms with E-state index in [2.05, 4.69) is 19.1 Å². The molecule has 0 spiro atoms. The summed E-state index contributed by atoms with van der Waals surface area (Å²) in [6.45, 7) is 3.26. The van der Waals surface area contributed by atoms with E-state index in [1.165, 1.54) is 49.8 Å². The summed E-state index contributed by atoms with van der Waals surface area (Å²) in [6, 6.07) is 12.3. The Morgan fingerprint density at radius 1 is 0.906 bits per heavy atom. The van der Waals surface area contributed by atoms with Crippen LogP contribution in [0.1, 0.15) is 87.3 Å². The molecule has 172 valence electrons. The van der Waals surface area contributed by atoms with E-state index in [1.54, 1.807) is 6.07 Å². The van der Waals surface area contributed by atoms with E-state index in [9.17, 15) is 8.78 Å². The number of rotatable bonds is 11. The van der Waals surface area contributed by atoms with Gasteiger partial charge in [0, 0.05) is 6.61 Å². The first-order chi connectivity index (χ1) is 15.6. The zero-order valence-electron chi connectivity index (χ0n) is 18.9. The lowest BCUT2D eigenvalue weighted by Crippen LogP contribution is -2.21. The van der Waals surface area contributed by atoms with E-state index in [1.807, 2.05) is 12.1 Å². The monoisotopic (exact) mass is 441 g/mol. The highest BCUT2D eigenvalue weighted by atomic mass is 19.2. The zero-order valence-corrected chi connectivity index (χ0v) is 18.9. The molecule has 0 N–H and O–H groups in total. The Morgan fingerprint density at radius 2 is 1.62 bits per heavy atom. The van der Waals surface area contributed by atoms with Crippen LogP contribution >= 0.6 is 0 Å². The van der Waals surface area contributed by atoms with Crippen molar-refractivity contribution < 1.29 is 18.3 Å². The molecule has 0 amide bonds. The normalized spacial score (nSPS) is 18.3. The lowest BCUT2D eigenvalue weighted by atomic mass is 9.82. The van der Waals surface area contributed by atoms with Crippen molar-refractivity contribution in [1.29, 1.82) is 5.26 Å². The van der Waals surface area contributed by atoms with Crippen LogP contribution in [0.25, 0.3) is 0 Å². The minimum atomic E-state index is -1.17. The molecule has 1 saturated carbocycles. The molecule has 0 bridgehead atoms. The molecule has 0 atom stereocenters. The maximum atomic E-state index is 14.0. The van der Waals surface area contributed by atoms with Crippen LogP contribution in [0.4, 0.5) is 8.78 Å². The average molecular weight is 442 g/mol. The molecule has 1 fully saturated rings. The highest BCUT2D eigenvalue weighted by Gasteiger charge is 2.22. The second-order valence-corrected chi connectivity index (χ2v) is 8.64. The zero-order chi connectivity index (χ0) is 22.8. The van der Waals surface area contributed by atoms with Gasteiger partial charge in [-0.2, -0.15) is 9.65 Å². The highest BCUT2D eigenvalue weighted by Crippen LogP contribution is 2.34. The van der Waals surface area contributed by atoms with Crippen LogP contribution in [0, 0.1) is 23.0 Å². The lowest BCUT2D eigenvalue weighted by Gasteiger charge is -2.29. The standard InChI is InChI=1S/C27H33F2NO2/c1-2-3-4-5-6-17-31-24-14-11-22(12-15-24)21-9-7-20(8-10-21)19-32-25-16-13-23(18-30)26(28)27(25)29/h7-10,13,16,22,24H,2-6,11-12,14-15,17,19H2,1H3. The van der Waals surface area contributed by atoms with Crippen LogP contribution in [-0.2, 0) is 11.3 Å². The van der Waals surface area contributed by atoms with Gasteiger partial charge in [-0.3, -0.25) is 0 Å². The summed E-state index contributed by atoms with van der Waals surface area (Å²) in [7, 11) is 0. The summed E-state index contributed by atoms with van der Waals surface area (Å²) in [5.41, 5.74) is 1.87. The Kier molecular flexibility index (Phi) is 9.49. The number of ether oxygens (including phenoxy) is 2. The molecule has 0 saturated heterocycles. The smallest absolute Gasteiger partial charge is 0.202 e. The van der Waals surface area contributed by atoms with Gasteiger partial charge in [-0.05, 0) is 61.3 Å². The van der Waals surface area contributed by atoms with Gasteiger partial charge < -0.3 is 9.47 Å².